The summed E-state index contributed by atoms with van der Waals surface area (Å²) in [6.07, 6.45) is 2.30. The summed E-state index contributed by atoms with van der Waals surface area (Å²) in [5.74, 6) is -0.671. The highest BCUT2D eigenvalue weighted by Crippen LogP contribution is 2.22. The molecule has 6 heteroatoms. The minimum Gasteiger partial charge on any atom is -0.459 e. The molecule has 0 saturated carbocycles. The number of H-pyrrole nitrogens is 1. The van der Waals surface area contributed by atoms with Gasteiger partial charge in [0.2, 0.25) is 0 Å². The fourth-order valence-electron chi connectivity index (χ4n) is 3.70. The number of rotatable bonds is 6. The molecule has 1 aliphatic rings. The van der Waals surface area contributed by atoms with Crippen molar-refractivity contribution in [2.24, 2.45) is 0 Å². The molecule has 0 bridgehead atoms. The van der Waals surface area contributed by atoms with Crippen LogP contribution in [0.15, 0.2) is 24.3 Å². The lowest BCUT2D eigenvalue weighted by molar-refractivity contribution is 0.0376. The molecule has 2 N–H and O–H groups in total. The maximum atomic E-state index is 12.8. The molecule has 28 heavy (non-hydrogen) atoms. The lowest BCUT2D eigenvalue weighted by Crippen LogP contribution is -2.19. The van der Waals surface area contributed by atoms with E-state index in [0.717, 1.165) is 25.3 Å². The van der Waals surface area contributed by atoms with Crippen molar-refractivity contribution in [1.29, 1.82) is 0 Å². The van der Waals surface area contributed by atoms with Crippen LogP contribution < -0.4 is 5.32 Å². The number of carbonyl (C=O) groups is 2. The second-order valence-electron chi connectivity index (χ2n) is 7.72. The fraction of sp³-hybridized carbons (Fsp3) is 0.455. The first-order chi connectivity index (χ1) is 13.3. The quantitative estimate of drug-likeness (QED) is 0.738. The molecule has 2 aromatic rings. The number of esters is 1. The van der Waals surface area contributed by atoms with Gasteiger partial charge in [0.25, 0.3) is 5.91 Å². The van der Waals surface area contributed by atoms with E-state index in [1.54, 1.807) is 27.7 Å². The Balaban J connectivity index is 1.73. The van der Waals surface area contributed by atoms with Gasteiger partial charge >= 0.3 is 5.97 Å². The maximum absolute atomic E-state index is 12.8. The van der Waals surface area contributed by atoms with Gasteiger partial charge in [-0.25, -0.2) is 4.79 Å². The Morgan fingerprint density at radius 3 is 2.61 bits per heavy atom. The lowest BCUT2D eigenvalue weighted by Gasteiger charge is -2.15. The van der Waals surface area contributed by atoms with Crippen LogP contribution in [0.1, 0.15) is 64.4 Å². The second-order valence-corrected chi connectivity index (χ2v) is 7.72. The van der Waals surface area contributed by atoms with E-state index in [1.165, 1.54) is 18.4 Å². The van der Waals surface area contributed by atoms with E-state index in [-0.39, 0.29) is 12.0 Å². The summed E-state index contributed by atoms with van der Waals surface area (Å²) >= 11 is 0. The number of nitrogens with one attached hydrogen (secondary N) is 2. The van der Waals surface area contributed by atoms with Gasteiger partial charge in [-0.05, 0) is 76.9 Å². The number of ether oxygens (including phenoxy) is 1. The van der Waals surface area contributed by atoms with Gasteiger partial charge in [0, 0.05) is 17.9 Å². The van der Waals surface area contributed by atoms with Crippen molar-refractivity contribution in [3.63, 3.8) is 0 Å². The highest BCUT2D eigenvalue weighted by Gasteiger charge is 2.23. The number of aryl methyl sites for hydroxylation is 1. The Hall–Kier alpha value is -2.60. The molecule has 0 aliphatic carbocycles. The Labute approximate surface area is 166 Å². The van der Waals surface area contributed by atoms with Crippen LogP contribution in [-0.4, -0.2) is 41.0 Å². The molecule has 2 heterocycles. The molecule has 1 fully saturated rings. The highest BCUT2D eigenvalue weighted by atomic mass is 16.5. The first-order valence-corrected chi connectivity index (χ1v) is 9.88. The number of hydrogen-bond acceptors (Lipinski definition) is 4. The molecule has 0 spiro atoms. The van der Waals surface area contributed by atoms with E-state index in [9.17, 15) is 9.59 Å². The van der Waals surface area contributed by atoms with E-state index in [0.29, 0.717) is 22.5 Å². The second kappa shape index (κ2) is 8.61. The Morgan fingerprint density at radius 2 is 1.93 bits per heavy atom. The topological polar surface area (TPSA) is 74.4 Å². The molecule has 150 valence electrons. The number of aromatic amines is 1. The number of hydrogen-bond donors (Lipinski definition) is 2. The Kier molecular flexibility index (Phi) is 6.19. The third-order valence-electron chi connectivity index (χ3n) is 5.00. The maximum Gasteiger partial charge on any atom is 0.340 e. The van der Waals surface area contributed by atoms with Crippen LogP contribution in [0, 0.1) is 13.8 Å². The van der Waals surface area contributed by atoms with E-state index in [2.05, 4.69) is 21.3 Å². The number of benzene rings is 1. The van der Waals surface area contributed by atoms with Gasteiger partial charge in [0.05, 0.1) is 11.7 Å². The van der Waals surface area contributed by atoms with Crippen molar-refractivity contribution in [3.05, 3.63) is 52.3 Å². The number of likely N-dealkylation sites (tertiary alicyclic amines) is 1. The minimum atomic E-state index is -0.409. The molecule has 0 unspecified atom stereocenters. The minimum absolute atomic E-state index is 0.211. The van der Waals surface area contributed by atoms with Crippen LogP contribution in [0.2, 0.25) is 0 Å². The molecular formula is C22H29N3O3. The van der Waals surface area contributed by atoms with Crippen LogP contribution in [0.5, 0.6) is 0 Å². The zero-order valence-electron chi connectivity index (χ0n) is 17.1. The van der Waals surface area contributed by atoms with Gasteiger partial charge in [0.1, 0.15) is 5.69 Å². The smallest absolute Gasteiger partial charge is 0.340 e. The van der Waals surface area contributed by atoms with Crippen LogP contribution >= 0.6 is 0 Å². The predicted molar refractivity (Wildman–Crippen MR) is 110 cm³/mol. The van der Waals surface area contributed by atoms with Crippen molar-refractivity contribution in [2.75, 3.05) is 18.4 Å². The molecule has 6 nitrogen and oxygen atoms in total. The zero-order valence-corrected chi connectivity index (χ0v) is 17.1. The van der Waals surface area contributed by atoms with E-state index in [1.807, 2.05) is 18.2 Å². The standard InChI is InChI=1S/C22H29N3O3/c1-14(2)28-22(27)19-15(3)20(23-16(19)4)21(26)24-18-9-7-8-17(12-18)13-25-10-5-6-11-25/h7-9,12,14,23H,5-6,10-11,13H2,1-4H3,(H,24,26). The summed E-state index contributed by atoms with van der Waals surface area (Å²) in [6.45, 7) is 10.3. The molecule has 0 atom stereocenters. The van der Waals surface area contributed by atoms with Gasteiger partial charge in [-0.1, -0.05) is 12.1 Å². The average molecular weight is 383 g/mol. The summed E-state index contributed by atoms with van der Waals surface area (Å²) < 4.78 is 5.29. The number of aromatic nitrogens is 1. The molecule has 1 aromatic heterocycles. The van der Waals surface area contributed by atoms with Gasteiger partial charge in [-0.15, -0.1) is 0 Å². The number of anilines is 1. The summed E-state index contributed by atoms with van der Waals surface area (Å²) in [7, 11) is 0. The van der Waals surface area contributed by atoms with Crippen LogP contribution in [-0.2, 0) is 11.3 Å². The first kappa shape index (κ1) is 20.1. The van der Waals surface area contributed by atoms with Crippen molar-refractivity contribution < 1.29 is 14.3 Å². The van der Waals surface area contributed by atoms with Gasteiger partial charge in [-0.2, -0.15) is 0 Å². The van der Waals surface area contributed by atoms with Crippen molar-refractivity contribution in [2.45, 2.75) is 53.2 Å². The SMILES string of the molecule is Cc1[nH]c(C(=O)Nc2cccc(CN3CCCC3)c2)c(C)c1C(=O)OC(C)C. The largest absolute Gasteiger partial charge is 0.459 e. The van der Waals surface area contributed by atoms with Gasteiger partial charge < -0.3 is 15.0 Å². The summed E-state index contributed by atoms with van der Waals surface area (Å²) in [5, 5.41) is 2.94. The summed E-state index contributed by atoms with van der Waals surface area (Å²) in [6, 6.07) is 7.93. The third kappa shape index (κ3) is 4.62. The summed E-state index contributed by atoms with van der Waals surface area (Å²) in [4.78, 5) is 30.6. The van der Waals surface area contributed by atoms with E-state index >= 15 is 0 Å². The zero-order chi connectivity index (χ0) is 20.3. The van der Waals surface area contributed by atoms with Crippen molar-refractivity contribution in [3.8, 4) is 0 Å². The fourth-order valence-corrected chi connectivity index (χ4v) is 3.70. The number of amides is 1. The molecule has 1 aromatic carbocycles. The van der Waals surface area contributed by atoms with Crippen molar-refractivity contribution >= 4 is 17.6 Å². The molecule has 0 radical (unpaired) electrons. The molecular weight excluding hydrogens is 354 g/mol. The molecule has 1 amide bonds. The van der Waals surface area contributed by atoms with E-state index < -0.39 is 5.97 Å². The average Bonchev–Trinajstić information content (AvgIpc) is 3.22. The Morgan fingerprint density at radius 1 is 1.21 bits per heavy atom. The number of nitrogens with zero attached hydrogens (tertiary/aromatic N) is 1. The van der Waals surface area contributed by atoms with E-state index in [4.69, 9.17) is 4.74 Å². The first-order valence-electron chi connectivity index (χ1n) is 9.88. The number of carbonyl (C=O) groups excluding carboxylic acids is 2. The monoisotopic (exact) mass is 383 g/mol. The Bertz CT molecular complexity index is 864. The van der Waals surface area contributed by atoms with Crippen LogP contribution in [0.3, 0.4) is 0 Å². The van der Waals surface area contributed by atoms with Gasteiger partial charge in [-0.3, -0.25) is 9.69 Å². The highest BCUT2D eigenvalue weighted by molar-refractivity contribution is 6.06. The molecule has 1 aliphatic heterocycles. The van der Waals surface area contributed by atoms with Gasteiger partial charge in [0.15, 0.2) is 0 Å². The summed E-state index contributed by atoms with van der Waals surface area (Å²) in [5.41, 5.74) is 3.99. The molecule has 1 saturated heterocycles. The molecule has 3 rings (SSSR count). The van der Waals surface area contributed by atoms with Crippen LogP contribution in [0.25, 0.3) is 0 Å². The third-order valence-corrected chi connectivity index (χ3v) is 5.00. The van der Waals surface area contributed by atoms with Crippen LogP contribution in [0.4, 0.5) is 5.69 Å². The normalized spacial score (nSPS) is 14.5. The van der Waals surface area contributed by atoms with Crippen molar-refractivity contribution in [1.82, 2.24) is 9.88 Å². The predicted octanol–water partition coefficient (Wildman–Crippen LogP) is 4.04. The lowest BCUT2D eigenvalue weighted by atomic mass is 10.1.